The summed E-state index contributed by atoms with van der Waals surface area (Å²) in [6, 6.07) is 0. The molecule has 4 heteroatoms. The second-order valence-electron chi connectivity index (χ2n) is 4.32. The van der Waals surface area contributed by atoms with Gasteiger partial charge in [-0.3, -0.25) is 4.79 Å². The Hall–Kier alpha value is -0.610. The van der Waals surface area contributed by atoms with Gasteiger partial charge in [0.2, 0.25) is 0 Å². The minimum absolute atomic E-state index is 0.175. The molecule has 0 radical (unpaired) electrons. The van der Waals surface area contributed by atoms with Crippen molar-refractivity contribution in [2.45, 2.75) is 65.9 Å². The second kappa shape index (κ2) is 16.4. The van der Waals surface area contributed by atoms with Crippen LogP contribution in [0.5, 0.6) is 0 Å². The molecule has 0 aliphatic heterocycles. The first-order valence-electron chi connectivity index (χ1n) is 6.93. The molecule has 18 heavy (non-hydrogen) atoms. The monoisotopic (exact) mass is 262 g/mol. The van der Waals surface area contributed by atoms with Crippen molar-refractivity contribution in [2.24, 2.45) is 0 Å². The highest BCUT2D eigenvalue weighted by Crippen LogP contribution is 1.93. The first-order chi connectivity index (χ1) is 8.54. The number of hydrogen-bond donors (Lipinski definition) is 1. The summed E-state index contributed by atoms with van der Waals surface area (Å²) in [6.07, 6.45) is 5.24. The Labute approximate surface area is 112 Å². The van der Waals surface area contributed by atoms with Crippen molar-refractivity contribution in [1.82, 2.24) is 0 Å². The molecule has 0 aromatic heterocycles. The number of carbonyl (C=O) groups is 1. The van der Waals surface area contributed by atoms with Gasteiger partial charge < -0.3 is 14.6 Å². The maximum atomic E-state index is 10.2. The molecule has 0 aromatic carbocycles. The van der Waals surface area contributed by atoms with E-state index in [2.05, 4.69) is 13.8 Å². The van der Waals surface area contributed by atoms with Gasteiger partial charge in [-0.05, 0) is 19.8 Å². The van der Waals surface area contributed by atoms with Gasteiger partial charge in [0.1, 0.15) is 0 Å². The largest absolute Gasteiger partial charge is 0.466 e. The van der Waals surface area contributed by atoms with Gasteiger partial charge >= 0.3 is 5.97 Å². The second-order valence-corrected chi connectivity index (χ2v) is 4.32. The lowest BCUT2D eigenvalue weighted by atomic mass is 10.3. The molecule has 0 aliphatic rings. The molecule has 1 N–H and O–H groups in total. The molecule has 0 saturated carbocycles. The molecule has 0 bridgehead atoms. The van der Waals surface area contributed by atoms with Crippen molar-refractivity contribution in [3.8, 4) is 0 Å². The Morgan fingerprint density at radius 1 is 1.11 bits per heavy atom. The average Bonchev–Trinajstić information content (AvgIpc) is 2.31. The number of esters is 1. The Bertz CT molecular complexity index is 169. The van der Waals surface area contributed by atoms with E-state index < -0.39 is 0 Å². The van der Waals surface area contributed by atoms with Crippen molar-refractivity contribution in [3.63, 3.8) is 0 Å². The van der Waals surface area contributed by atoms with E-state index in [0.29, 0.717) is 13.2 Å². The van der Waals surface area contributed by atoms with Crippen LogP contribution in [0.1, 0.15) is 59.8 Å². The Morgan fingerprint density at radius 2 is 1.72 bits per heavy atom. The van der Waals surface area contributed by atoms with Crippen LogP contribution in [-0.2, 0) is 14.3 Å². The van der Waals surface area contributed by atoms with Gasteiger partial charge in [-0.1, -0.05) is 33.1 Å². The lowest BCUT2D eigenvalue weighted by Gasteiger charge is -2.03. The number of ether oxygens (including phenoxy) is 2. The lowest BCUT2D eigenvalue weighted by Crippen LogP contribution is -2.10. The van der Waals surface area contributed by atoms with E-state index >= 15 is 0 Å². The maximum Gasteiger partial charge on any atom is 0.302 e. The van der Waals surface area contributed by atoms with E-state index in [9.17, 15) is 4.79 Å². The quantitative estimate of drug-likeness (QED) is 0.513. The number of carbonyl (C=O) groups excluding carboxylic acids is 1. The molecular weight excluding hydrogens is 232 g/mol. The fraction of sp³-hybridized carbons (Fsp3) is 0.929. The molecule has 0 spiro atoms. The van der Waals surface area contributed by atoms with E-state index in [-0.39, 0.29) is 12.1 Å². The molecule has 0 saturated heterocycles. The molecule has 0 fully saturated rings. The molecule has 1 atom stereocenters. The van der Waals surface area contributed by atoms with Gasteiger partial charge in [-0.15, -0.1) is 0 Å². The lowest BCUT2D eigenvalue weighted by molar-refractivity contribution is -0.141. The van der Waals surface area contributed by atoms with Crippen molar-refractivity contribution < 1.29 is 19.4 Å². The Balaban J connectivity index is 0. The molecule has 0 aliphatic carbocycles. The molecule has 0 aromatic rings. The first kappa shape index (κ1) is 19.7. The summed E-state index contributed by atoms with van der Waals surface area (Å²) in [6.45, 7) is 9.24. The third-order valence-corrected chi connectivity index (χ3v) is 2.05. The van der Waals surface area contributed by atoms with Crippen LogP contribution in [-0.4, -0.2) is 37.0 Å². The standard InChI is InChI=1S/C7H16O2.C7H14O2/c1-3-4-5-9-6-7(2)8;1-3-4-5-6-9-7(2)8/h7-8H,3-6H2,1-2H3;3-6H2,1-2H3. The van der Waals surface area contributed by atoms with E-state index in [1.807, 2.05) is 0 Å². The number of hydrogen-bond acceptors (Lipinski definition) is 4. The predicted octanol–water partition coefficient (Wildman–Crippen LogP) is 2.92. The van der Waals surface area contributed by atoms with Crippen LogP contribution >= 0.6 is 0 Å². The van der Waals surface area contributed by atoms with Crippen molar-refractivity contribution in [2.75, 3.05) is 19.8 Å². The fourth-order valence-electron chi connectivity index (χ4n) is 1.07. The minimum atomic E-state index is -0.318. The van der Waals surface area contributed by atoms with E-state index in [0.717, 1.165) is 32.3 Å². The third kappa shape index (κ3) is 24.6. The van der Waals surface area contributed by atoms with Gasteiger partial charge in [-0.25, -0.2) is 0 Å². The topological polar surface area (TPSA) is 55.8 Å². The predicted molar refractivity (Wildman–Crippen MR) is 73.6 cm³/mol. The van der Waals surface area contributed by atoms with E-state index in [1.165, 1.54) is 13.3 Å². The number of aliphatic hydroxyl groups is 1. The zero-order valence-corrected chi connectivity index (χ0v) is 12.4. The van der Waals surface area contributed by atoms with Crippen LogP contribution in [0.4, 0.5) is 0 Å². The van der Waals surface area contributed by atoms with Crippen LogP contribution in [0.2, 0.25) is 0 Å². The summed E-state index contributed by atoms with van der Waals surface area (Å²) < 4.78 is 9.79. The minimum Gasteiger partial charge on any atom is -0.466 e. The molecule has 0 rings (SSSR count). The van der Waals surface area contributed by atoms with Crippen LogP contribution in [0, 0.1) is 0 Å². The zero-order valence-electron chi connectivity index (χ0n) is 12.4. The van der Waals surface area contributed by atoms with Crippen molar-refractivity contribution >= 4 is 5.97 Å². The van der Waals surface area contributed by atoms with Gasteiger partial charge in [0.25, 0.3) is 0 Å². The van der Waals surface area contributed by atoms with Gasteiger partial charge in [0.15, 0.2) is 0 Å². The number of unbranched alkanes of at least 4 members (excludes halogenated alkanes) is 3. The zero-order chi connectivity index (χ0) is 14.2. The van der Waals surface area contributed by atoms with Crippen LogP contribution in [0.3, 0.4) is 0 Å². The Kier molecular flexibility index (Phi) is 18.0. The fourth-order valence-corrected chi connectivity index (χ4v) is 1.07. The SMILES string of the molecule is CCCCCOC(C)=O.CCCCOCC(C)O. The Morgan fingerprint density at radius 3 is 2.17 bits per heavy atom. The summed E-state index contributed by atoms with van der Waals surface area (Å²) in [5.74, 6) is -0.175. The molecular formula is C14H30O4. The van der Waals surface area contributed by atoms with Crippen molar-refractivity contribution in [3.05, 3.63) is 0 Å². The number of rotatable bonds is 9. The van der Waals surface area contributed by atoms with Crippen LogP contribution in [0.25, 0.3) is 0 Å². The van der Waals surface area contributed by atoms with Gasteiger partial charge in [0.05, 0.1) is 19.3 Å². The van der Waals surface area contributed by atoms with Gasteiger partial charge in [0, 0.05) is 13.5 Å². The average molecular weight is 262 g/mol. The summed E-state index contributed by atoms with van der Waals surface area (Å²) in [5.41, 5.74) is 0. The smallest absolute Gasteiger partial charge is 0.302 e. The highest BCUT2D eigenvalue weighted by molar-refractivity contribution is 5.65. The highest BCUT2D eigenvalue weighted by Gasteiger charge is 1.92. The van der Waals surface area contributed by atoms with Gasteiger partial charge in [-0.2, -0.15) is 0 Å². The summed E-state index contributed by atoms with van der Waals surface area (Å²) in [4.78, 5) is 10.2. The summed E-state index contributed by atoms with van der Waals surface area (Å²) >= 11 is 0. The molecule has 1 unspecified atom stereocenters. The normalized spacial score (nSPS) is 11.4. The molecule has 110 valence electrons. The molecule has 0 heterocycles. The van der Waals surface area contributed by atoms with Crippen LogP contribution < -0.4 is 0 Å². The third-order valence-electron chi connectivity index (χ3n) is 2.05. The molecule has 4 nitrogen and oxygen atoms in total. The molecule has 0 amide bonds. The first-order valence-corrected chi connectivity index (χ1v) is 6.93. The van der Waals surface area contributed by atoms with E-state index in [1.54, 1.807) is 6.92 Å². The van der Waals surface area contributed by atoms with E-state index in [4.69, 9.17) is 14.6 Å². The van der Waals surface area contributed by atoms with Crippen molar-refractivity contribution in [1.29, 1.82) is 0 Å². The number of aliphatic hydroxyl groups excluding tert-OH is 1. The summed E-state index contributed by atoms with van der Waals surface area (Å²) in [7, 11) is 0. The maximum absolute atomic E-state index is 10.2. The highest BCUT2D eigenvalue weighted by atomic mass is 16.5. The summed E-state index contributed by atoms with van der Waals surface area (Å²) in [5, 5.41) is 8.73. The van der Waals surface area contributed by atoms with Crippen LogP contribution in [0.15, 0.2) is 0 Å².